The summed E-state index contributed by atoms with van der Waals surface area (Å²) in [5.74, 6) is 0. The molecule has 0 radical (unpaired) electrons. The third-order valence-electron chi connectivity index (χ3n) is 2.14. The molecular formula is C12H18INS. The average Bonchev–Trinajstić information content (AvgIpc) is 2.26. The van der Waals surface area contributed by atoms with Crippen molar-refractivity contribution in [2.45, 2.75) is 26.3 Å². The molecule has 0 heterocycles. The number of halogens is 1. The highest BCUT2D eigenvalue weighted by Crippen LogP contribution is 2.12. The lowest BCUT2D eigenvalue weighted by molar-refractivity contribution is 0.719. The normalized spacial score (nSPS) is 13.1. The molecule has 0 aromatic heterocycles. The van der Waals surface area contributed by atoms with Crippen LogP contribution < -0.4 is 0 Å². The second-order valence-corrected chi connectivity index (χ2v) is 4.06. The summed E-state index contributed by atoms with van der Waals surface area (Å²) in [6.45, 7) is 4.32. The Labute approximate surface area is 114 Å². The first-order valence-electron chi connectivity index (χ1n) is 4.95. The molecule has 0 N–H and O–H groups in total. The Morgan fingerprint density at radius 2 is 1.93 bits per heavy atom. The van der Waals surface area contributed by atoms with E-state index in [-0.39, 0.29) is 24.0 Å². The number of rotatable bonds is 3. The number of hydrogen-bond donors (Lipinski definition) is 0. The number of thioether (sulfide) groups is 1. The summed E-state index contributed by atoms with van der Waals surface area (Å²) in [7, 11) is 0. The molecule has 1 aromatic rings. The van der Waals surface area contributed by atoms with Crippen LogP contribution in [0, 0.1) is 0 Å². The summed E-state index contributed by atoms with van der Waals surface area (Å²) in [6, 6.07) is 10.8. The van der Waals surface area contributed by atoms with Crippen LogP contribution >= 0.6 is 35.7 Å². The number of aliphatic imine (C=N–C) groups is 1. The van der Waals surface area contributed by atoms with Crippen LogP contribution in [0.15, 0.2) is 35.3 Å². The Morgan fingerprint density at radius 3 is 2.40 bits per heavy atom. The molecule has 0 saturated heterocycles. The van der Waals surface area contributed by atoms with Gasteiger partial charge in [-0.1, -0.05) is 37.3 Å². The minimum Gasteiger partial charge on any atom is -0.275 e. The molecule has 0 aliphatic rings. The van der Waals surface area contributed by atoms with Crippen LogP contribution in [0.4, 0.5) is 0 Å². The van der Waals surface area contributed by atoms with Crippen molar-refractivity contribution in [1.29, 1.82) is 0 Å². The predicted octanol–water partition coefficient (Wildman–Crippen LogP) is 4.21. The van der Waals surface area contributed by atoms with Crippen molar-refractivity contribution in [1.82, 2.24) is 0 Å². The number of nitrogens with zero attached hydrogens (tertiary/aromatic N) is 1. The Morgan fingerprint density at radius 1 is 1.33 bits per heavy atom. The highest BCUT2D eigenvalue weighted by molar-refractivity contribution is 14.0. The van der Waals surface area contributed by atoms with Crippen LogP contribution in [0.25, 0.3) is 0 Å². The summed E-state index contributed by atoms with van der Waals surface area (Å²) >= 11 is 1.72. The van der Waals surface area contributed by atoms with Crippen molar-refractivity contribution in [3.05, 3.63) is 35.9 Å². The van der Waals surface area contributed by atoms with Gasteiger partial charge in [-0.25, -0.2) is 0 Å². The molecule has 1 nitrogen and oxygen atoms in total. The molecule has 3 heteroatoms. The summed E-state index contributed by atoms with van der Waals surface area (Å²) in [5.41, 5.74) is 1.22. The van der Waals surface area contributed by atoms with Crippen molar-refractivity contribution in [3.63, 3.8) is 0 Å². The van der Waals surface area contributed by atoms with E-state index in [4.69, 9.17) is 0 Å². The molecule has 1 rings (SSSR count). The summed E-state index contributed by atoms with van der Waals surface area (Å²) in [5, 5.41) is 1.14. The second-order valence-electron chi connectivity index (χ2n) is 3.26. The van der Waals surface area contributed by atoms with Crippen molar-refractivity contribution < 1.29 is 0 Å². The zero-order valence-electron chi connectivity index (χ0n) is 9.43. The van der Waals surface area contributed by atoms with Gasteiger partial charge >= 0.3 is 0 Å². The van der Waals surface area contributed by atoms with E-state index in [1.807, 2.05) is 6.07 Å². The summed E-state index contributed by atoms with van der Waals surface area (Å²) < 4.78 is 0. The Hall–Kier alpha value is -0.0300. The van der Waals surface area contributed by atoms with Gasteiger partial charge in [0.05, 0.1) is 5.04 Å². The van der Waals surface area contributed by atoms with Crippen LogP contribution in [0.1, 0.15) is 25.8 Å². The van der Waals surface area contributed by atoms with Gasteiger partial charge in [0.25, 0.3) is 0 Å². The maximum Gasteiger partial charge on any atom is 0.0977 e. The van der Waals surface area contributed by atoms with Crippen molar-refractivity contribution in [3.8, 4) is 0 Å². The molecule has 1 unspecified atom stereocenters. The molecule has 0 bridgehead atoms. The van der Waals surface area contributed by atoms with Gasteiger partial charge in [0, 0.05) is 11.6 Å². The molecule has 0 amide bonds. The summed E-state index contributed by atoms with van der Waals surface area (Å²) in [6.07, 6.45) is 3.17. The van der Waals surface area contributed by atoms with Gasteiger partial charge in [-0.05, 0) is 19.6 Å². The quantitative estimate of drug-likeness (QED) is 0.458. The molecular weight excluding hydrogens is 317 g/mol. The van der Waals surface area contributed by atoms with Crippen molar-refractivity contribution >= 4 is 40.8 Å². The van der Waals surface area contributed by atoms with Crippen molar-refractivity contribution in [2.24, 2.45) is 4.99 Å². The van der Waals surface area contributed by atoms with Gasteiger partial charge in [0.15, 0.2) is 0 Å². The highest BCUT2D eigenvalue weighted by Gasteiger charge is 2.02. The second kappa shape index (κ2) is 8.16. The minimum absolute atomic E-state index is 0. The summed E-state index contributed by atoms with van der Waals surface area (Å²) in [4.78, 5) is 4.66. The van der Waals surface area contributed by atoms with Gasteiger partial charge in [0.2, 0.25) is 0 Å². The molecule has 0 fully saturated rings. The lowest BCUT2D eigenvalue weighted by atomic mass is 10.2. The van der Waals surface area contributed by atoms with Gasteiger partial charge in [-0.2, -0.15) is 0 Å². The standard InChI is InChI=1S/C12H17NS.HI/c1-4-10(2)13-12(14-3)11-8-6-5-7-9-11;/h5-10H,4H2,1-3H3;1H. The molecule has 0 spiro atoms. The SMILES string of the molecule is CCC(C)N=C(SC)c1ccccc1.I. The molecule has 1 aromatic carbocycles. The third-order valence-corrected chi connectivity index (χ3v) is 2.87. The maximum atomic E-state index is 4.66. The number of benzene rings is 1. The van der Waals surface area contributed by atoms with E-state index < -0.39 is 0 Å². The lowest BCUT2D eigenvalue weighted by Crippen LogP contribution is -2.02. The minimum atomic E-state index is 0. The van der Waals surface area contributed by atoms with Gasteiger partial charge in [0.1, 0.15) is 0 Å². The fraction of sp³-hybridized carbons (Fsp3) is 0.417. The van der Waals surface area contributed by atoms with E-state index in [0.29, 0.717) is 6.04 Å². The zero-order chi connectivity index (χ0) is 10.4. The lowest BCUT2D eigenvalue weighted by Gasteiger charge is -2.07. The zero-order valence-corrected chi connectivity index (χ0v) is 12.6. The third kappa shape index (κ3) is 5.02. The highest BCUT2D eigenvalue weighted by atomic mass is 127. The van der Waals surface area contributed by atoms with Gasteiger partial charge in [-0.15, -0.1) is 35.7 Å². The van der Waals surface area contributed by atoms with Crippen molar-refractivity contribution in [2.75, 3.05) is 6.26 Å². The Balaban J connectivity index is 0.00000196. The predicted molar refractivity (Wildman–Crippen MR) is 81.7 cm³/mol. The first-order valence-corrected chi connectivity index (χ1v) is 6.17. The van der Waals surface area contributed by atoms with Crippen LogP contribution in [0.2, 0.25) is 0 Å². The maximum absolute atomic E-state index is 4.66. The average molecular weight is 335 g/mol. The van der Waals surface area contributed by atoms with Gasteiger partial charge < -0.3 is 0 Å². The molecule has 15 heavy (non-hydrogen) atoms. The topological polar surface area (TPSA) is 12.4 Å². The smallest absolute Gasteiger partial charge is 0.0977 e. The van der Waals surface area contributed by atoms with E-state index in [1.165, 1.54) is 5.56 Å². The van der Waals surface area contributed by atoms with Crippen LogP contribution in [0.3, 0.4) is 0 Å². The largest absolute Gasteiger partial charge is 0.275 e. The number of hydrogen-bond acceptors (Lipinski definition) is 2. The van der Waals surface area contributed by atoms with Crippen LogP contribution in [-0.2, 0) is 0 Å². The van der Waals surface area contributed by atoms with Crippen LogP contribution in [-0.4, -0.2) is 17.3 Å². The molecule has 0 saturated carbocycles. The van der Waals surface area contributed by atoms with Crippen LogP contribution in [0.5, 0.6) is 0 Å². The van der Waals surface area contributed by atoms with E-state index >= 15 is 0 Å². The van der Waals surface area contributed by atoms with E-state index in [9.17, 15) is 0 Å². The van der Waals surface area contributed by atoms with E-state index in [2.05, 4.69) is 49.4 Å². The Kier molecular flexibility index (Phi) is 8.14. The van der Waals surface area contributed by atoms with E-state index in [1.54, 1.807) is 11.8 Å². The van der Waals surface area contributed by atoms with E-state index in [0.717, 1.165) is 11.5 Å². The molecule has 1 atom stereocenters. The monoisotopic (exact) mass is 335 g/mol. The molecule has 84 valence electrons. The first-order chi connectivity index (χ1) is 6.77. The molecule has 0 aliphatic heterocycles. The fourth-order valence-electron chi connectivity index (χ4n) is 1.12. The Bertz CT molecular complexity index is 298. The fourth-order valence-corrected chi connectivity index (χ4v) is 1.77. The molecule has 0 aliphatic carbocycles. The first kappa shape index (κ1) is 15.0. The van der Waals surface area contributed by atoms with Gasteiger partial charge in [-0.3, -0.25) is 4.99 Å².